The number of rotatable bonds is 13. The van der Waals surface area contributed by atoms with Gasteiger partial charge in [-0.1, -0.05) is 0 Å². The maximum atomic E-state index is 11.9. The van der Waals surface area contributed by atoms with E-state index in [1.165, 1.54) is 0 Å². The molecule has 1 aromatic rings. The molecule has 3 N–H and O–H groups in total. The predicted molar refractivity (Wildman–Crippen MR) is 144 cm³/mol. The van der Waals surface area contributed by atoms with Crippen molar-refractivity contribution in [2.24, 2.45) is 4.99 Å². The molecule has 1 atom stereocenters. The van der Waals surface area contributed by atoms with E-state index in [4.69, 9.17) is 14.2 Å². The Morgan fingerprint density at radius 3 is 2.61 bits per heavy atom. The van der Waals surface area contributed by atoms with Crippen molar-refractivity contribution in [2.45, 2.75) is 71.6 Å². The number of hydrogen-bond acceptors (Lipinski definition) is 5. The Morgan fingerprint density at radius 2 is 1.97 bits per heavy atom. The van der Waals surface area contributed by atoms with Crippen LogP contribution in [0.4, 0.5) is 5.69 Å². The maximum absolute atomic E-state index is 11.9. The normalized spacial score (nSPS) is 15.9. The van der Waals surface area contributed by atoms with Crippen LogP contribution in [-0.2, 0) is 14.3 Å². The molecule has 0 saturated carbocycles. The average Bonchev–Trinajstić information content (AvgIpc) is 3.24. The number of anilines is 1. The smallest absolute Gasteiger partial charge is 0.221 e. The number of ether oxygens (including phenoxy) is 3. The van der Waals surface area contributed by atoms with Gasteiger partial charge in [0.1, 0.15) is 5.75 Å². The highest BCUT2D eigenvalue weighted by Crippen LogP contribution is 2.17. The summed E-state index contributed by atoms with van der Waals surface area (Å²) in [5, 5.41) is 9.44. The van der Waals surface area contributed by atoms with Crippen LogP contribution in [0.2, 0.25) is 0 Å². The highest BCUT2D eigenvalue weighted by molar-refractivity contribution is 14.0. The van der Waals surface area contributed by atoms with Gasteiger partial charge >= 0.3 is 0 Å². The van der Waals surface area contributed by atoms with Crippen LogP contribution < -0.4 is 20.7 Å². The third-order valence-corrected chi connectivity index (χ3v) is 4.63. The van der Waals surface area contributed by atoms with Crippen molar-refractivity contribution in [3.63, 3.8) is 0 Å². The van der Waals surface area contributed by atoms with Crippen LogP contribution in [0.1, 0.15) is 53.4 Å². The molecule has 188 valence electrons. The van der Waals surface area contributed by atoms with Crippen molar-refractivity contribution in [2.75, 3.05) is 38.2 Å². The molecule has 8 nitrogen and oxygen atoms in total. The van der Waals surface area contributed by atoms with Gasteiger partial charge in [-0.05, 0) is 71.2 Å². The molecular weight excluding hydrogens is 535 g/mol. The minimum Gasteiger partial charge on any atom is -0.491 e. The number of nitrogens with one attached hydrogen (secondary N) is 3. The van der Waals surface area contributed by atoms with Gasteiger partial charge in [0.2, 0.25) is 5.91 Å². The van der Waals surface area contributed by atoms with Gasteiger partial charge in [-0.15, -0.1) is 24.0 Å². The van der Waals surface area contributed by atoms with Crippen molar-refractivity contribution in [1.29, 1.82) is 0 Å². The zero-order valence-corrected chi connectivity index (χ0v) is 22.7. The van der Waals surface area contributed by atoms with Gasteiger partial charge in [0.05, 0.1) is 18.8 Å². The fraction of sp³-hybridized carbons (Fsp3) is 0.667. The summed E-state index contributed by atoms with van der Waals surface area (Å²) in [5.41, 5.74) is 0.897. The van der Waals surface area contributed by atoms with Crippen molar-refractivity contribution in [3.05, 3.63) is 24.3 Å². The van der Waals surface area contributed by atoms with E-state index in [-0.39, 0.29) is 48.1 Å². The SMILES string of the molecule is CC(C)NC(=O)CCNC(=NCCCOCC1CCCO1)Nc1ccc(OC(C)C)cc1.I. The number of hydrogen-bond donors (Lipinski definition) is 3. The molecule has 33 heavy (non-hydrogen) atoms. The fourth-order valence-electron chi connectivity index (χ4n) is 3.20. The van der Waals surface area contributed by atoms with Crippen molar-refractivity contribution in [3.8, 4) is 5.75 Å². The summed E-state index contributed by atoms with van der Waals surface area (Å²) >= 11 is 0. The van der Waals surface area contributed by atoms with Crippen LogP contribution in [0.25, 0.3) is 0 Å². The van der Waals surface area contributed by atoms with E-state index < -0.39 is 0 Å². The van der Waals surface area contributed by atoms with E-state index in [1.54, 1.807) is 0 Å². The molecule has 1 saturated heterocycles. The largest absolute Gasteiger partial charge is 0.491 e. The highest BCUT2D eigenvalue weighted by atomic mass is 127. The van der Waals surface area contributed by atoms with Gasteiger partial charge in [0.15, 0.2) is 5.96 Å². The third kappa shape index (κ3) is 13.6. The van der Waals surface area contributed by atoms with Gasteiger partial charge in [-0.3, -0.25) is 9.79 Å². The summed E-state index contributed by atoms with van der Waals surface area (Å²) in [6.45, 7) is 11.2. The molecule has 0 spiro atoms. The van der Waals surface area contributed by atoms with Crippen LogP contribution in [0, 0.1) is 0 Å². The molecule has 1 aromatic carbocycles. The Hall–Kier alpha value is -1.59. The summed E-state index contributed by atoms with van der Waals surface area (Å²) in [7, 11) is 0. The Kier molecular flexibility index (Phi) is 15.1. The van der Waals surface area contributed by atoms with E-state index in [1.807, 2.05) is 52.0 Å². The quantitative estimate of drug-likeness (QED) is 0.143. The number of carbonyl (C=O) groups excluding carboxylic acids is 1. The molecule has 0 aromatic heterocycles. The molecule has 1 unspecified atom stereocenters. The lowest BCUT2D eigenvalue weighted by Crippen LogP contribution is -2.36. The minimum absolute atomic E-state index is 0. The lowest BCUT2D eigenvalue weighted by Gasteiger charge is -2.15. The second-order valence-electron chi connectivity index (χ2n) is 8.51. The predicted octanol–water partition coefficient (Wildman–Crippen LogP) is 3.95. The Morgan fingerprint density at radius 1 is 1.21 bits per heavy atom. The van der Waals surface area contributed by atoms with E-state index in [9.17, 15) is 4.79 Å². The van der Waals surface area contributed by atoms with Gasteiger partial charge in [0.25, 0.3) is 0 Å². The molecule has 0 radical (unpaired) electrons. The molecule has 1 aliphatic rings. The first kappa shape index (κ1) is 29.4. The number of carbonyl (C=O) groups is 1. The zero-order chi connectivity index (χ0) is 23.2. The Balaban J connectivity index is 0.00000544. The van der Waals surface area contributed by atoms with Crippen LogP contribution in [-0.4, -0.2) is 63.0 Å². The molecule has 1 aliphatic heterocycles. The summed E-state index contributed by atoms with van der Waals surface area (Å²) in [6.07, 6.45) is 3.78. The number of halogens is 1. The molecular formula is C24H41IN4O4. The Bertz CT molecular complexity index is 692. The Labute approximate surface area is 215 Å². The molecule has 1 amide bonds. The summed E-state index contributed by atoms with van der Waals surface area (Å²) in [4.78, 5) is 16.5. The maximum Gasteiger partial charge on any atom is 0.221 e. The highest BCUT2D eigenvalue weighted by Gasteiger charge is 2.14. The summed E-state index contributed by atoms with van der Waals surface area (Å²) in [6, 6.07) is 7.88. The average molecular weight is 577 g/mol. The van der Waals surface area contributed by atoms with Gasteiger partial charge in [-0.2, -0.15) is 0 Å². The van der Waals surface area contributed by atoms with Crippen molar-refractivity contribution >= 4 is 41.5 Å². The second kappa shape index (κ2) is 16.9. The van der Waals surface area contributed by atoms with Crippen LogP contribution in [0.3, 0.4) is 0 Å². The van der Waals surface area contributed by atoms with E-state index in [2.05, 4.69) is 20.9 Å². The molecule has 9 heteroatoms. The number of aliphatic imine (C=N–C) groups is 1. The summed E-state index contributed by atoms with van der Waals surface area (Å²) in [5.74, 6) is 1.48. The topological polar surface area (TPSA) is 93.2 Å². The van der Waals surface area contributed by atoms with Crippen LogP contribution >= 0.6 is 24.0 Å². The first-order valence-electron chi connectivity index (χ1n) is 11.7. The molecule has 2 rings (SSSR count). The summed E-state index contributed by atoms with van der Waals surface area (Å²) < 4.78 is 17.0. The number of nitrogens with zero attached hydrogens (tertiary/aromatic N) is 1. The van der Waals surface area contributed by atoms with Gasteiger partial charge < -0.3 is 30.2 Å². The molecule has 1 heterocycles. The number of guanidine groups is 1. The van der Waals surface area contributed by atoms with Crippen LogP contribution in [0.5, 0.6) is 5.75 Å². The third-order valence-electron chi connectivity index (χ3n) is 4.63. The first-order chi connectivity index (χ1) is 15.4. The lowest BCUT2D eigenvalue weighted by molar-refractivity contribution is -0.121. The van der Waals surface area contributed by atoms with Crippen LogP contribution in [0.15, 0.2) is 29.3 Å². The number of amides is 1. The second-order valence-corrected chi connectivity index (χ2v) is 8.51. The lowest BCUT2D eigenvalue weighted by atomic mass is 10.2. The molecule has 1 fully saturated rings. The van der Waals surface area contributed by atoms with Gasteiger partial charge in [-0.25, -0.2) is 0 Å². The van der Waals surface area contributed by atoms with Gasteiger partial charge in [0, 0.05) is 44.5 Å². The first-order valence-corrected chi connectivity index (χ1v) is 11.7. The fourth-order valence-corrected chi connectivity index (χ4v) is 3.20. The van der Waals surface area contributed by atoms with Crippen molar-refractivity contribution < 1.29 is 19.0 Å². The minimum atomic E-state index is 0. The zero-order valence-electron chi connectivity index (χ0n) is 20.4. The molecule has 0 bridgehead atoms. The van der Waals surface area contributed by atoms with E-state index >= 15 is 0 Å². The number of benzene rings is 1. The standard InChI is InChI=1S/C24H40N4O4.HI/c1-18(2)27-23(29)12-14-26-24(25-13-6-15-30-17-22-7-5-16-31-22)28-20-8-10-21(11-9-20)32-19(3)4;/h8-11,18-19,22H,5-7,12-17H2,1-4H3,(H,27,29)(H2,25,26,28);1H. The molecule has 0 aliphatic carbocycles. The van der Waals surface area contributed by atoms with E-state index in [0.29, 0.717) is 38.7 Å². The van der Waals surface area contributed by atoms with Crippen molar-refractivity contribution in [1.82, 2.24) is 10.6 Å². The monoisotopic (exact) mass is 576 g/mol. The van der Waals surface area contributed by atoms with E-state index in [0.717, 1.165) is 37.3 Å².